The molecule has 2 heteroatoms. The third-order valence-corrected chi connectivity index (χ3v) is 1.78. The predicted octanol–water partition coefficient (Wildman–Crippen LogP) is 2.60. The van der Waals surface area contributed by atoms with Crippen molar-refractivity contribution in [1.82, 2.24) is 0 Å². The number of carbonyl (C=O) groups excluding carboxylic acids is 1. The molecule has 0 aliphatic heterocycles. The first kappa shape index (κ1) is 3.82. The summed E-state index contributed by atoms with van der Waals surface area (Å²) in [6.07, 6.45) is -3.06. The molecule has 0 bridgehead atoms. The van der Waals surface area contributed by atoms with Gasteiger partial charge in [-0.3, -0.25) is 4.79 Å². The van der Waals surface area contributed by atoms with Gasteiger partial charge in [-0.25, -0.2) is 0 Å². The van der Waals surface area contributed by atoms with Crippen LogP contribution in [0.2, 0.25) is 0 Å². The first-order valence-corrected chi connectivity index (χ1v) is 4.32. The van der Waals surface area contributed by atoms with Crippen molar-refractivity contribution in [3.05, 3.63) is 71.6 Å². The maximum atomic E-state index is 12.8. The van der Waals surface area contributed by atoms with E-state index in [0.29, 0.717) is 0 Å². The molecule has 1 unspecified atom stereocenters. The van der Waals surface area contributed by atoms with Crippen LogP contribution < -0.4 is 0 Å². The van der Waals surface area contributed by atoms with E-state index in [4.69, 9.17) is 13.8 Å². The number of carbonyl (C=O) groups is 1. The second-order valence-electron chi connectivity index (χ2n) is 2.80. The summed E-state index contributed by atoms with van der Waals surface area (Å²) in [6.45, 7) is 0. The highest BCUT2D eigenvalue weighted by atomic mass is 16.3. The Balaban J connectivity index is 2.79. The minimum atomic E-state index is -3.06. The number of hydrogen-bond donors (Lipinski definition) is 1. The second-order valence-corrected chi connectivity index (χ2v) is 2.80. The van der Waals surface area contributed by atoms with Crippen molar-refractivity contribution in [3.8, 4) is 0 Å². The SMILES string of the molecule is [2H]OC([2H])(C(=O)c1ccc([2H])c([2H])c1[2H])c1c([2H])c([2H])c([2H])c([2H])c1[2H]. The topological polar surface area (TPSA) is 37.3 Å². The average Bonchev–Trinajstić information content (AvgIpc) is 2.62. The zero-order chi connectivity index (χ0) is 20.0. The molecule has 2 rings (SSSR count). The van der Waals surface area contributed by atoms with E-state index in [9.17, 15) is 4.79 Å². The molecule has 1 atom stereocenters. The van der Waals surface area contributed by atoms with Gasteiger partial charge in [-0.15, -0.1) is 0 Å². The Bertz CT molecular complexity index is 884. The van der Waals surface area contributed by atoms with Crippen LogP contribution in [0, 0.1) is 0 Å². The van der Waals surface area contributed by atoms with Crippen LogP contribution in [-0.4, -0.2) is 12.3 Å². The van der Waals surface area contributed by atoms with Crippen LogP contribution >= 0.6 is 0 Å². The molecule has 0 fully saturated rings. The van der Waals surface area contributed by atoms with Crippen LogP contribution in [0.15, 0.2) is 60.5 Å². The summed E-state index contributed by atoms with van der Waals surface area (Å²) in [6, 6.07) is -3.72. The Morgan fingerprint density at radius 3 is 2.75 bits per heavy atom. The van der Waals surface area contributed by atoms with Crippen molar-refractivity contribution in [2.75, 3.05) is 0 Å². The van der Waals surface area contributed by atoms with Crippen LogP contribution in [0.4, 0.5) is 0 Å². The van der Waals surface area contributed by atoms with Gasteiger partial charge < -0.3 is 5.11 Å². The van der Waals surface area contributed by atoms with Crippen molar-refractivity contribution < 1.29 is 22.2 Å². The maximum absolute atomic E-state index is 12.8. The zero-order valence-corrected chi connectivity index (χ0v) is 7.97. The van der Waals surface area contributed by atoms with E-state index >= 15 is 0 Å². The standard InChI is InChI=1S/C14H12O2/c15-13(11-7-3-1-4-8-11)14(16)12-9-5-2-6-10-12/h1-10,13,15H/i1D,2D,3D,4D,5D,7D,8D,9D,13D,15D. The highest BCUT2D eigenvalue weighted by molar-refractivity contribution is 5.99. The molecule has 2 aromatic rings. The van der Waals surface area contributed by atoms with E-state index in [1.807, 2.05) is 0 Å². The van der Waals surface area contributed by atoms with Gasteiger partial charge in [0.1, 0.15) is 6.08 Å². The normalized spacial score (nSPS) is 22.8. The first-order valence-electron chi connectivity index (χ1n) is 9.23. The van der Waals surface area contributed by atoms with Gasteiger partial charge in [0.15, 0.2) is 5.78 Å². The molecular formula is C14H12O2. The van der Waals surface area contributed by atoms with Crippen molar-refractivity contribution in [1.29, 1.82) is 1.43 Å². The first-order chi connectivity index (χ1) is 12.0. The summed E-state index contributed by atoms with van der Waals surface area (Å²) >= 11 is 0. The molecule has 0 amide bonds. The van der Waals surface area contributed by atoms with Gasteiger partial charge in [-0.1, -0.05) is 60.5 Å². The Labute approximate surface area is 108 Å². The molecule has 0 aromatic heterocycles. The molecule has 1 N–H and O–H groups in total. The molecule has 2 nitrogen and oxygen atoms in total. The van der Waals surface area contributed by atoms with Gasteiger partial charge in [0.2, 0.25) is 1.43 Å². The van der Waals surface area contributed by atoms with E-state index < -0.39 is 65.3 Å². The fraction of sp³-hybridized carbons (Fsp3) is 0.0714. The highest BCUT2D eigenvalue weighted by Gasteiger charge is 2.18. The Morgan fingerprint density at radius 1 is 1.25 bits per heavy atom. The number of benzene rings is 2. The van der Waals surface area contributed by atoms with Crippen molar-refractivity contribution >= 4 is 5.78 Å². The molecule has 2 aromatic carbocycles. The summed E-state index contributed by atoms with van der Waals surface area (Å²) in [7, 11) is 0. The molecular weight excluding hydrogens is 200 g/mol. The van der Waals surface area contributed by atoms with Gasteiger partial charge in [-0.05, 0) is 5.56 Å². The number of rotatable bonds is 4. The number of Topliss-reactive ketones (excluding diaryl/α,β-unsaturated/α-hetero) is 1. The molecule has 16 heavy (non-hydrogen) atoms. The lowest BCUT2D eigenvalue weighted by Gasteiger charge is -2.09. The van der Waals surface area contributed by atoms with Crippen molar-refractivity contribution in [2.45, 2.75) is 6.08 Å². The van der Waals surface area contributed by atoms with Gasteiger partial charge in [0.05, 0.1) is 12.3 Å². The van der Waals surface area contributed by atoms with Crippen LogP contribution in [-0.2, 0) is 0 Å². The van der Waals surface area contributed by atoms with Gasteiger partial charge >= 0.3 is 0 Å². The van der Waals surface area contributed by atoms with E-state index in [-0.39, 0.29) is 6.04 Å². The summed E-state index contributed by atoms with van der Waals surface area (Å²) in [5, 5.41) is 4.18. The van der Waals surface area contributed by atoms with Crippen LogP contribution in [0.5, 0.6) is 0 Å². The van der Waals surface area contributed by atoms with Crippen LogP contribution in [0.1, 0.15) is 34.3 Å². The third kappa shape index (κ3) is 2.18. The van der Waals surface area contributed by atoms with E-state index in [1.54, 1.807) is 0 Å². The Kier molecular flexibility index (Phi) is 1.13. The summed E-state index contributed by atoms with van der Waals surface area (Å²) < 4.78 is 76.7. The van der Waals surface area contributed by atoms with Gasteiger partial charge in [-0.2, -0.15) is 0 Å². The van der Waals surface area contributed by atoms with E-state index in [0.717, 1.165) is 12.1 Å². The number of aliphatic hydroxyl groups is 1. The lowest BCUT2D eigenvalue weighted by molar-refractivity contribution is 0.0747. The molecule has 80 valence electrons. The van der Waals surface area contributed by atoms with E-state index in [1.165, 1.54) is 0 Å². The molecule has 0 spiro atoms. The third-order valence-electron chi connectivity index (χ3n) is 1.78. The maximum Gasteiger partial charge on any atom is 0.212 e. The number of ketones is 1. The molecule has 0 saturated carbocycles. The summed E-state index contributed by atoms with van der Waals surface area (Å²) in [5.41, 5.74) is -1.41. The quantitative estimate of drug-likeness (QED) is 0.807. The Hall–Kier alpha value is -1.93. The number of hydrogen-bond acceptors (Lipinski definition) is 2. The lowest BCUT2D eigenvalue weighted by atomic mass is 10.0. The van der Waals surface area contributed by atoms with Crippen molar-refractivity contribution in [2.24, 2.45) is 0 Å². The smallest absolute Gasteiger partial charge is 0.212 e. The lowest BCUT2D eigenvalue weighted by Crippen LogP contribution is -2.11. The summed E-state index contributed by atoms with van der Waals surface area (Å²) in [4.78, 5) is 12.8. The molecule has 0 heterocycles. The van der Waals surface area contributed by atoms with Crippen molar-refractivity contribution in [3.63, 3.8) is 0 Å². The van der Waals surface area contributed by atoms with Crippen LogP contribution in [0.3, 0.4) is 0 Å². The highest BCUT2D eigenvalue weighted by Crippen LogP contribution is 2.17. The second kappa shape index (κ2) is 4.73. The van der Waals surface area contributed by atoms with Crippen LogP contribution in [0.25, 0.3) is 0 Å². The fourth-order valence-corrected chi connectivity index (χ4v) is 1.04. The predicted molar refractivity (Wildman–Crippen MR) is 62.2 cm³/mol. The fourth-order valence-electron chi connectivity index (χ4n) is 1.04. The molecule has 0 aliphatic carbocycles. The zero-order valence-electron chi connectivity index (χ0n) is 18.0. The monoisotopic (exact) mass is 222 g/mol. The van der Waals surface area contributed by atoms with E-state index in [2.05, 4.69) is 5.11 Å². The van der Waals surface area contributed by atoms with Gasteiger partial charge in [0, 0.05) is 5.56 Å². The summed E-state index contributed by atoms with van der Waals surface area (Å²) in [5.74, 6) is -1.36. The van der Waals surface area contributed by atoms with Gasteiger partial charge in [0.25, 0.3) is 0 Å². The molecule has 0 radical (unpaired) electrons. The minimum Gasteiger partial charge on any atom is -0.380 e. The molecule has 0 aliphatic rings. The Morgan fingerprint density at radius 2 is 2.00 bits per heavy atom. The largest absolute Gasteiger partial charge is 0.380 e. The minimum absolute atomic E-state index is 0.336. The average molecular weight is 222 g/mol. The molecule has 0 saturated heterocycles.